The number of carboxylic acid groups (broad SMARTS) is 1. The predicted octanol–water partition coefficient (Wildman–Crippen LogP) is 1.22. The fourth-order valence-corrected chi connectivity index (χ4v) is 6.02. The molecular formula is C32H44N6O7. The highest BCUT2D eigenvalue weighted by atomic mass is 16.4. The first-order chi connectivity index (χ1) is 21.1. The molecule has 6 N–H and O–H groups in total. The second-order valence-corrected chi connectivity index (χ2v) is 13.5. The SMILES string of the molecule is CC(C)C[C@H]1NC(=O)[C@H](C(C)(C)C)NC(=O)[C@H]2CCCN2C(=O)[C@H](CC(=O)O)NC(=O)[C@H](Cc2c[nH]c3ccccc23)NC1=O. The van der Waals surface area contributed by atoms with Crippen molar-refractivity contribution in [2.24, 2.45) is 11.3 Å². The van der Waals surface area contributed by atoms with E-state index >= 15 is 0 Å². The number of hydrogen-bond donors (Lipinski definition) is 6. The van der Waals surface area contributed by atoms with Crippen molar-refractivity contribution in [1.82, 2.24) is 31.2 Å². The number of carboxylic acids is 1. The molecule has 0 unspecified atom stereocenters. The maximum absolute atomic E-state index is 13.9. The third-order valence-electron chi connectivity index (χ3n) is 8.32. The molecule has 0 spiro atoms. The van der Waals surface area contributed by atoms with Crippen molar-refractivity contribution < 1.29 is 33.9 Å². The number of nitrogens with one attached hydrogen (secondary N) is 5. The van der Waals surface area contributed by atoms with Gasteiger partial charge in [0.25, 0.3) is 0 Å². The van der Waals surface area contributed by atoms with Gasteiger partial charge in [0, 0.05) is 30.1 Å². The van der Waals surface area contributed by atoms with Crippen LogP contribution in [0.3, 0.4) is 0 Å². The van der Waals surface area contributed by atoms with Crippen LogP contribution in [-0.4, -0.2) is 87.2 Å². The van der Waals surface area contributed by atoms with Gasteiger partial charge in [-0.05, 0) is 42.2 Å². The zero-order valence-corrected chi connectivity index (χ0v) is 26.4. The van der Waals surface area contributed by atoms with Gasteiger partial charge in [-0.3, -0.25) is 28.8 Å². The van der Waals surface area contributed by atoms with Gasteiger partial charge < -0.3 is 36.3 Å². The summed E-state index contributed by atoms with van der Waals surface area (Å²) in [5, 5.41) is 21.4. The number of aromatic amines is 1. The van der Waals surface area contributed by atoms with Gasteiger partial charge in [0.15, 0.2) is 0 Å². The summed E-state index contributed by atoms with van der Waals surface area (Å²) in [4.78, 5) is 85.0. The molecule has 13 heteroatoms. The maximum Gasteiger partial charge on any atom is 0.305 e. The number of fused-ring (bicyclic) bond motifs is 2. The normalized spacial score (nSPS) is 25.6. The number of carbonyl (C=O) groups excluding carboxylic acids is 5. The summed E-state index contributed by atoms with van der Waals surface area (Å²) >= 11 is 0. The minimum atomic E-state index is -1.49. The van der Waals surface area contributed by atoms with Crippen LogP contribution in [0.25, 0.3) is 10.9 Å². The van der Waals surface area contributed by atoms with E-state index < -0.39 is 77.6 Å². The van der Waals surface area contributed by atoms with Gasteiger partial charge in [0.2, 0.25) is 29.5 Å². The summed E-state index contributed by atoms with van der Waals surface area (Å²) in [5.74, 6) is -4.56. The number of aromatic nitrogens is 1. The van der Waals surface area contributed by atoms with Crippen LogP contribution in [-0.2, 0) is 35.2 Å². The summed E-state index contributed by atoms with van der Waals surface area (Å²) in [5.41, 5.74) is 0.781. The first kappa shape index (κ1) is 33.5. The van der Waals surface area contributed by atoms with Gasteiger partial charge in [0.05, 0.1) is 6.42 Å². The lowest BCUT2D eigenvalue weighted by molar-refractivity contribution is -0.146. The fraction of sp³-hybridized carbons (Fsp3) is 0.562. The molecule has 1 aromatic carbocycles. The molecule has 13 nitrogen and oxygen atoms in total. The first-order valence-electron chi connectivity index (χ1n) is 15.4. The van der Waals surface area contributed by atoms with Crippen LogP contribution < -0.4 is 21.3 Å². The van der Waals surface area contributed by atoms with E-state index in [1.165, 1.54) is 4.90 Å². The number of carbonyl (C=O) groups is 6. The molecule has 1 aromatic heterocycles. The minimum absolute atomic E-state index is 0.0173. The van der Waals surface area contributed by atoms with Crippen LogP contribution in [0.5, 0.6) is 0 Å². The number of hydrogen-bond acceptors (Lipinski definition) is 6. The Morgan fingerprint density at radius 2 is 1.56 bits per heavy atom. The molecule has 2 aliphatic rings. The highest BCUT2D eigenvalue weighted by Crippen LogP contribution is 2.25. The molecule has 0 saturated carbocycles. The van der Waals surface area contributed by atoms with Crippen LogP contribution in [0.1, 0.15) is 65.9 Å². The fourth-order valence-electron chi connectivity index (χ4n) is 6.02. The number of rotatable bonds is 6. The van der Waals surface area contributed by atoms with E-state index in [-0.39, 0.29) is 25.3 Å². The Morgan fingerprint density at radius 3 is 2.22 bits per heavy atom. The summed E-state index contributed by atoms with van der Waals surface area (Å²) < 4.78 is 0. The Hall–Kier alpha value is -4.42. The highest BCUT2D eigenvalue weighted by molar-refractivity contribution is 5.99. The Morgan fingerprint density at radius 1 is 0.911 bits per heavy atom. The minimum Gasteiger partial charge on any atom is -0.481 e. The van der Waals surface area contributed by atoms with Crippen molar-refractivity contribution in [2.75, 3.05) is 6.54 Å². The molecule has 0 aliphatic carbocycles. The summed E-state index contributed by atoms with van der Waals surface area (Å²) in [6, 6.07) is 1.70. The molecule has 5 amide bonds. The lowest BCUT2D eigenvalue weighted by atomic mass is 9.85. The molecule has 5 atom stereocenters. The van der Waals surface area contributed by atoms with Crippen molar-refractivity contribution in [3.05, 3.63) is 36.0 Å². The van der Waals surface area contributed by atoms with E-state index in [1.807, 2.05) is 38.1 Å². The average Bonchev–Trinajstić information content (AvgIpc) is 3.60. The lowest BCUT2D eigenvalue weighted by Crippen LogP contribution is -2.60. The predicted molar refractivity (Wildman–Crippen MR) is 166 cm³/mol. The van der Waals surface area contributed by atoms with Crippen molar-refractivity contribution >= 4 is 46.4 Å². The second-order valence-electron chi connectivity index (χ2n) is 13.5. The van der Waals surface area contributed by atoms with Crippen molar-refractivity contribution in [2.45, 2.75) is 96.9 Å². The van der Waals surface area contributed by atoms with E-state index in [1.54, 1.807) is 27.0 Å². The molecule has 45 heavy (non-hydrogen) atoms. The smallest absolute Gasteiger partial charge is 0.305 e. The molecule has 2 fully saturated rings. The number of benzene rings is 1. The number of H-pyrrole nitrogens is 1. The van der Waals surface area contributed by atoms with Crippen molar-refractivity contribution in [1.29, 1.82) is 0 Å². The zero-order chi connectivity index (χ0) is 33.1. The van der Waals surface area contributed by atoms with E-state index in [0.717, 1.165) is 16.5 Å². The number of nitrogens with zero attached hydrogens (tertiary/aromatic N) is 1. The van der Waals surface area contributed by atoms with E-state index in [0.29, 0.717) is 12.8 Å². The standard InChI is InChI=1S/C32H44N6O7/c1-17(2)13-21-27(41)34-22(14-18-16-33-20-10-7-6-9-19(18)20)28(42)36-23(15-25(39)40)31(45)38-12-8-11-24(38)29(43)37-26(30(44)35-21)32(3,4)5/h6-7,9-10,16-17,21-24,26,33H,8,11-15H2,1-5H3,(H,34,41)(H,35,44)(H,36,42)(H,37,43)(H,39,40)/t21-,22+,23+,24-,26-/m1/s1. The summed E-state index contributed by atoms with van der Waals surface area (Å²) in [6.07, 6.45) is 2.08. The monoisotopic (exact) mass is 624 g/mol. The Labute approximate surface area is 262 Å². The van der Waals surface area contributed by atoms with Crippen LogP contribution >= 0.6 is 0 Å². The number of aliphatic carboxylic acids is 1. The Kier molecular flexibility index (Phi) is 10.2. The molecular weight excluding hydrogens is 580 g/mol. The van der Waals surface area contributed by atoms with Gasteiger partial charge in [0.1, 0.15) is 30.2 Å². The van der Waals surface area contributed by atoms with E-state index in [2.05, 4.69) is 26.3 Å². The quantitative estimate of drug-likeness (QED) is 0.278. The highest BCUT2D eigenvalue weighted by Gasteiger charge is 2.43. The molecule has 0 bridgehead atoms. The topological polar surface area (TPSA) is 190 Å². The third-order valence-corrected chi connectivity index (χ3v) is 8.32. The van der Waals surface area contributed by atoms with Gasteiger partial charge in [-0.15, -0.1) is 0 Å². The van der Waals surface area contributed by atoms with Gasteiger partial charge >= 0.3 is 5.97 Å². The molecule has 244 valence electrons. The number of amides is 5. The van der Waals surface area contributed by atoms with Crippen molar-refractivity contribution in [3.63, 3.8) is 0 Å². The Balaban J connectivity index is 1.78. The molecule has 3 heterocycles. The maximum atomic E-state index is 13.9. The summed E-state index contributed by atoms with van der Waals surface area (Å²) in [7, 11) is 0. The lowest BCUT2D eigenvalue weighted by Gasteiger charge is -2.34. The first-order valence-corrected chi connectivity index (χ1v) is 15.4. The van der Waals surface area contributed by atoms with Gasteiger partial charge in [-0.25, -0.2) is 0 Å². The zero-order valence-electron chi connectivity index (χ0n) is 26.4. The van der Waals surface area contributed by atoms with Crippen LogP contribution in [0, 0.1) is 11.3 Å². The molecule has 2 saturated heterocycles. The van der Waals surface area contributed by atoms with Gasteiger partial charge in [-0.2, -0.15) is 0 Å². The summed E-state index contributed by atoms with van der Waals surface area (Å²) in [6.45, 7) is 9.31. The Bertz CT molecular complexity index is 1460. The molecule has 0 radical (unpaired) electrons. The van der Waals surface area contributed by atoms with Crippen LogP contribution in [0.4, 0.5) is 0 Å². The second kappa shape index (κ2) is 13.7. The third kappa shape index (κ3) is 8.00. The molecule has 2 aromatic rings. The number of para-hydroxylation sites is 1. The van der Waals surface area contributed by atoms with Gasteiger partial charge in [-0.1, -0.05) is 52.8 Å². The van der Waals surface area contributed by atoms with Crippen molar-refractivity contribution in [3.8, 4) is 0 Å². The molecule has 4 rings (SSSR count). The average molecular weight is 625 g/mol. The van der Waals surface area contributed by atoms with Crippen LogP contribution in [0.15, 0.2) is 30.5 Å². The van der Waals surface area contributed by atoms with E-state index in [9.17, 15) is 33.9 Å². The van der Waals surface area contributed by atoms with E-state index in [4.69, 9.17) is 0 Å². The van der Waals surface area contributed by atoms with Crippen LogP contribution in [0.2, 0.25) is 0 Å². The largest absolute Gasteiger partial charge is 0.481 e. The molecule has 2 aliphatic heterocycles.